The van der Waals surface area contributed by atoms with Crippen LogP contribution in [0, 0.1) is 6.92 Å². The van der Waals surface area contributed by atoms with E-state index in [9.17, 15) is 4.79 Å². The zero-order valence-electron chi connectivity index (χ0n) is 8.11. The van der Waals surface area contributed by atoms with Gasteiger partial charge in [0.2, 0.25) is 0 Å². The number of hydrogen-bond acceptors (Lipinski definition) is 2. The number of aromatic carboxylic acids is 1. The van der Waals surface area contributed by atoms with Gasteiger partial charge in [0.1, 0.15) is 5.84 Å². The van der Waals surface area contributed by atoms with Crippen molar-refractivity contribution in [2.75, 3.05) is 7.05 Å². The molecule has 0 atom stereocenters. The van der Waals surface area contributed by atoms with Crippen molar-refractivity contribution < 1.29 is 9.90 Å². The first-order valence-corrected chi connectivity index (χ1v) is 4.13. The fraction of sp³-hybridized carbons (Fsp3) is 0.200. The Morgan fingerprint density at radius 3 is 2.57 bits per heavy atom. The zero-order chi connectivity index (χ0) is 10.7. The van der Waals surface area contributed by atoms with Gasteiger partial charge in [0.25, 0.3) is 0 Å². The second-order valence-corrected chi connectivity index (χ2v) is 2.96. The first-order valence-electron chi connectivity index (χ1n) is 4.13. The predicted molar refractivity (Wildman–Crippen MR) is 54.8 cm³/mol. The molecular formula is C10H12N2O2. The third-order valence-electron chi connectivity index (χ3n) is 1.92. The summed E-state index contributed by atoms with van der Waals surface area (Å²) in [5, 5.41) is 8.92. The maximum atomic E-state index is 10.9. The average Bonchev–Trinajstić information content (AvgIpc) is 2.16. The Balaban J connectivity index is 3.36. The van der Waals surface area contributed by atoms with Crippen LogP contribution in [-0.2, 0) is 0 Å². The minimum absolute atomic E-state index is 0.188. The highest BCUT2D eigenvalue weighted by Gasteiger charge is 2.12. The molecule has 1 aromatic carbocycles. The lowest BCUT2D eigenvalue weighted by molar-refractivity contribution is 0.0696. The third-order valence-corrected chi connectivity index (χ3v) is 1.92. The molecule has 14 heavy (non-hydrogen) atoms. The Labute approximate surface area is 82.1 Å². The van der Waals surface area contributed by atoms with E-state index >= 15 is 0 Å². The monoisotopic (exact) mass is 192 g/mol. The van der Waals surface area contributed by atoms with E-state index in [0.717, 1.165) is 5.56 Å². The quantitative estimate of drug-likeness (QED) is 0.542. The second kappa shape index (κ2) is 3.91. The van der Waals surface area contributed by atoms with Crippen LogP contribution in [0.3, 0.4) is 0 Å². The van der Waals surface area contributed by atoms with Crippen LogP contribution in [0.1, 0.15) is 21.5 Å². The van der Waals surface area contributed by atoms with Gasteiger partial charge in [-0.15, -0.1) is 0 Å². The van der Waals surface area contributed by atoms with E-state index in [-0.39, 0.29) is 11.4 Å². The van der Waals surface area contributed by atoms with Gasteiger partial charge >= 0.3 is 5.97 Å². The number of aliphatic imine (C=N–C) groups is 1. The zero-order valence-corrected chi connectivity index (χ0v) is 8.11. The molecule has 1 rings (SSSR count). The van der Waals surface area contributed by atoms with Gasteiger partial charge in [0.15, 0.2) is 0 Å². The lowest BCUT2D eigenvalue weighted by atomic mass is 10.0. The highest BCUT2D eigenvalue weighted by molar-refractivity contribution is 6.06. The van der Waals surface area contributed by atoms with E-state index in [1.807, 2.05) is 6.92 Å². The van der Waals surface area contributed by atoms with Crippen molar-refractivity contribution in [3.05, 3.63) is 34.9 Å². The number of nitrogens with zero attached hydrogens (tertiary/aromatic N) is 1. The van der Waals surface area contributed by atoms with Crippen LogP contribution in [0.5, 0.6) is 0 Å². The normalized spacial score (nSPS) is 11.4. The molecule has 0 saturated carbocycles. The summed E-state index contributed by atoms with van der Waals surface area (Å²) in [6.45, 7) is 1.83. The van der Waals surface area contributed by atoms with Crippen molar-refractivity contribution in [1.29, 1.82) is 0 Å². The number of hydrogen-bond donors (Lipinski definition) is 2. The Hall–Kier alpha value is -1.84. The van der Waals surface area contributed by atoms with Gasteiger partial charge < -0.3 is 10.8 Å². The molecule has 0 aromatic heterocycles. The van der Waals surface area contributed by atoms with Crippen LogP contribution in [0.15, 0.2) is 23.2 Å². The lowest BCUT2D eigenvalue weighted by Crippen LogP contribution is -2.17. The number of aryl methyl sites for hydroxylation is 1. The third kappa shape index (κ3) is 1.90. The molecule has 0 spiro atoms. The Morgan fingerprint density at radius 1 is 1.43 bits per heavy atom. The van der Waals surface area contributed by atoms with Gasteiger partial charge in [0.05, 0.1) is 5.56 Å². The number of nitrogens with two attached hydrogens (primary N) is 1. The van der Waals surface area contributed by atoms with E-state index in [1.54, 1.807) is 18.2 Å². The van der Waals surface area contributed by atoms with Crippen LogP contribution in [0.4, 0.5) is 0 Å². The number of amidine groups is 1. The highest BCUT2D eigenvalue weighted by atomic mass is 16.4. The average molecular weight is 192 g/mol. The summed E-state index contributed by atoms with van der Waals surface area (Å²) in [6, 6.07) is 5.05. The summed E-state index contributed by atoms with van der Waals surface area (Å²) in [6.07, 6.45) is 0. The molecule has 0 unspecified atom stereocenters. The van der Waals surface area contributed by atoms with Crippen LogP contribution in [0.25, 0.3) is 0 Å². The smallest absolute Gasteiger partial charge is 0.336 e. The van der Waals surface area contributed by atoms with Gasteiger partial charge in [0, 0.05) is 12.6 Å². The summed E-state index contributed by atoms with van der Waals surface area (Å²) in [7, 11) is 1.53. The van der Waals surface area contributed by atoms with Crippen molar-refractivity contribution in [3.8, 4) is 0 Å². The summed E-state index contributed by atoms with van der Waals surface area (Å²) in [4.78, 5) is 14.6. The molecule has 0 fully saturated rings. The van der Waals surface area contributed by atoms with E-state index in [1.165, 1.54) is 7.05 Å². The SMILES string of the molecule is CN=C(N)c1ccc(C)cc1C(=O)O. The molecule has 0 aliphatic rings. The minimum atomic E-state index is -0.990. The predicted octanol–water partition coefficient (Wildman–Crippen LogP) is 1.03. The molecule has 4 nitrogen and oxygen atoms in total. The molecule has 4 heteroatoms. The summed E-state index contributed by atoms with van der Waals surface area (Å²) >= 11 is 0. The standard InChI is InChI=1S/C10H12N2O2/c1-6-3-4-7(9(11)12-2)8(5-6)10(13)14/h3-5H,1-2H3,(H2,11,12)(H,13,14). The van der Waals surface area contributed by atoms with E-state index in [0.29, 0.717) is 5.56 Å². The molecule has 0 aliphatic carbocycles. The van der Waals surface area contributed by atoms with Crippen molar-refractivity contribution in [2.24, 2.45) is 10.7 Å². The molecule has 3 N–H and O–H groups in total. The van der Waals surface area contributed by atoms with Crippen LogP contribution >= 0.6 is 0 Å². The molecule has 0 bridgehead atoms. The number of carbonyl (C=O) groups is 1. The molecule has 0 saturated heterocycles. The van der Waals surface area contributed by atoms with E-state index in [4.69, 9.17) is 10.8 Å². The van der Waals surface area contributed by atoms with Crippen molar-refractivity contribution in [2.45, 2.75) is 6.92 Å². The van der Waals surface area contributed by atoms with Crippen molar-refractivity contribution >= 4 is 11.8 Å². The molecular weight excluding hydrogens is 180 g/mol. The Bertz CT molecular complexity index is 397. The molecule has 1 aromatic rings. The second-order valence-electron chi connectivity index (χ2n) is 2.96. The fourth-order valence-electron chi connectivity index (χ4n) is 1.18. The largest absolute Gasteiger partial charge is 0.478 e. The van der Waals surface area contributed by atoms with Gasteiger partial charge in [-0.2, -0.15) is 0 Å². The topological polar surface area (TPSA) is 75.7 Å². The maximum absolute atomic E-state index is 10.9. The van der Waals surface area contributed by atoms with Gasteiger partial charge in [-0.25, -0.2) is 4.79 Å². The van der Waals surface area contributed by atoms with Crippen LogP contribution < -0.4 is 5.73 Å². The number of carboxylic acid groups (broad SMARTS) is 1. The van der Waals surface area contributed by atoms with Crippen molar-refractivity contribution in [3.63, 3.8) is 0 Å². The Morgan fingerprint density at radius 2 is 2.07 bits per heavy atom. The lowest BCUT2D eigenvalue weighted by Gasteiger charge is -2.05. The molecule has 0 heterocycles. The molecule has 0 aliphatic heterocycles. The van der Waals surface area contributed by atoms with Gasteiger partial charge in [-0.1, -0.05) is 17.7 Å². The highest BCUT2D eigenvalue weighted by Crippen LogP contribution is 2.11. The summed E-state index contributed by atoms with van der Waals surface area (Å²) in [5.74, 6) is -0.752. The first kappa shape index (κ1) is 10.2. The summed E-state index contributed by atoms with van der Waals surface area (Å²) in [5.41, 5.74) is 7.11. The van der Waals surface area contributed by atoms with Crippen LogP contribution in [-0.4, -0.2) is 24.0 Å². The van der Waals surface area contributed by atoms with Gasteiger partial charge in [-0.3, -0.25) is 4.99 Å². The molecule has 0 amide bonds. The number of benzene rings is 1. The molecule has 0 radical (unpaired) electrons. The minimum Gasteiger partial charge on any atom is -0.478 e. The number of rotatable bonds is 2. The number of carboxylic acids is 1. The maximum Gasteiger partial charge on any atom is 0.336 e. The van der Waals surface area contributed by atoms with Crippen molar-refractivity contribution in [1.82, 2.24) is 0 Å². The Kier molecular flexibility index (Phi) is 2.86. The molecule has 74 valence electrons. The summed E-state index contributed by atoms with van der Waals surface area (Å²) < 4.78 is 0. The van der Waals surface area contributed by atoms with Gasteiger partial charge in [-0.05, 0) is 13.0 Å². The van der Waals surface area contributed by atoms with Crippen LogP contribution in [0.2, 0.25) is 0 Å². The fourth-order valence-corrected chi connectivity index (χ4v) is 1.18. The first-order chi connectivity index (χ1) is 6.56. The van der Waals surface area contributed by atoms with E-state index < -0.39 is 5.97 Å². The van der Waals surface area contributed by atoms with E-state index in [2.05, 4.69) is 4.99 Å².